The lowest BCUT2D eigenvalue weighted by molar-refractivity contribution is -0.117. The van der Waals surface area contributed by atoms with Crippen LogP contribution in [0.25, 0.3) is 0 Å². The Labute approximate surface area is 122 Å². The summed E-state index contributed by atoms with van der Waals surface area (Å²) in [7, 11) is 0. The SMILES string of the molecule is CCOC(=O)c1c(Br)nn(CCCC(C)=O)c1Br. The summed E-state index contributed by atoms with van der Waals surface area (Å²) in [5, 5.41) is 4.18. The minimum absolute atomic E-state index is 0.142. The molecule has 0 saturated heterocycles. The van der Waals surface area contributed by atoms with Gasteiger partial charge < -0.3 is 9.53 Å². The molecule has 0 unspecified atom stereocenters. The van der Waals surface area contributed by atoms with Gasteiger partial charge in [0.25, 0.3) is 0 Å². The maximum atomic E-state index is 11.7. The van der Waals surface area contributed by atoms with E-state index in [0.717, 1.165) is 0 Å². The van der Waals surface area contributed by atoms with Crippen LogP contribution in [0.1, 0.15) is 37.0 Å². The molecule has 1 aromatic rings. The Morgan fingerprint density at radius 1 is 1.39 bits per heavy atom. The van der Waals surface area contributed by atoms with Crippen LogP contribution < -0.4 is 0 Å². The van der Waals surface area contributed by atoms with E-state index >= 15 is 0 Å². The Morgan fingerprint density at radius 2 is 2.06 bits per heavy atom. The molecular formula is C11H14Br2N2O3. The third-order valence-corrected chi connectivity index (χ3v) is 3.59. The maximum absolute atomic E-state index is 11.7. The fourth-order valence-corrected chi connectivity index (χ4v) is 2.83. The second kappa shape index (κ2) is 7.04. The van der Waals surface area contributed by atoms with Gasteiger partial charge in [-0.2, -0.15) is 5.10 Å². The van der Waals surface area contributed by atoms with E-state index in [9.17, 15) is 9.59 Å². The highest BCUT2D eigenvalue weighted by molar-refractivity contribution is 9.11. The van der Waals surface area contributed by atoms with Crippen LogP contribution in [0.3, 0.4) is 0 Å². The number of nitrogens with zero attached hydrogens (tertiary/aromatic N) is 2. The number of carbonyl (C=O) groups excluding carboxylic acids is 2. The zero-order valence-electron chi connectivity index (χ0n) is 10.2. The van der Waals surface area contributed by atoms with E-state index in [2.05, 4.69) is 37.0 Å². The second-order valence-corrected chi connectivity index (χ2v) is 5.21. The van der Waals surface area contributed by atoms with Crippen molar-refractivity contribution in [1.82, 2.24) is 9.78 Å². The Morgan fingerprint density at radius 3 is 2.61 bits per heavy atom. The van der Waals surface area contributed by atoms with Crippen molar-refractivity contribution in [2.24, 2.45) is 0 Å². The first kappa shape index (κ1) is 15.4. The molecule has 1 rings (SSSR count). The first-order chi connectivity index (χ1) is 8.47. The van der Waals surface area contributed by atoms with Gasteiger partial charge in [0, 0.05) is 13.0 Å². The van der Waals surface area contributed by atoms with E-state index in [0.29, 0.717) is 40.8 Å². The molecule has 0 aromatic carbocycles. The summed E-state index contributed by atoms with van der Waals surface area (Å²) in [6.07, 6.45) is 1.18. The van der Waals surface area contributed by atoms with Gasteiger partial charge >= 0.3 is 5.97 Å². The molecule has 0 radical (unpaired) electrons. The van der Waals surface area contributed by atoms with Crippen LogP contribution in [-0.4, -0.2) is 28.1 Å². The molecule has 0 aliphatic rings. The van der Waals surface area contributed by atoms with E-state index in [-0.39, 0.29) is 5.78 Å². The van der Waals surface area contributed by atoms with Gasteiger partial charge in [0.1, 0.15) is 20.6 Å². The first-order valence-electron chi connectivity index (χ1n) is 5.55. The van der Waals surface area contributed by atoms with Crippen LogP contribution in [0.4, 0.5) is 0 Å². The van der Waals surface area contributed by atoms with Gasteiger partial charge in [-0.3, -0.25) is 4.68 Å². The van der Waals surface area contributed by atoms with Gasteiger partial charge in [0.15, 0.2) is 0 Å². The summed E-state index contributed by atoms with van der Waals surface area (Å²) >= 11 is 6.55. The van der Waals surface area contributed by atoms with Gasteiger partial charge in [-0.15, -0.1) is 0 Å². The minimum atomic E-state index is -0.422. The van der Waals surface area contributed by atoms with Crippen molar-refractivity contribution in [3.63, 3.8) is 0 Å². The number of rotatable bonds is 6. The third kappa shape index (κ3) is 3.91. The number of aryl methyl sites for hydroxylation is 1. The van der Waals surface area contributed by atoms with E-state index < -0.39 is 5.97 Å². The fourth-order valence-electron chi connectivity index (χ4n) is 1.41. The molecule has 100 valence electrons. The molecule has 1 aromatic heterocycles. The number of hydrogen-bond donors (Lipinski definition) is 0. The molecule has 0 fully saturated rings. The molecule has 7 heteroatoms. The van der Waals surface area contributed by atoms with Gasteiger partial charge in [-0.1, -0.05) is 0 Å². The smallest absolute Gasteiger partial charge is 0.343 e. The molecule has 0 aliphatic heterocycles. The predicted octanol–water partition coefficient (Wildman–Crippen LogP) is 2.95. The monoisotopic (exact) mass is 380 g/mol. The van der Waals surface area contributed by atoms with Crippen molar-refractivity contribution >= 4 is 43.6 Å². The fraction of sp³-hybridized carbons (Fsp3) is 0.545. The lowest BCUT2D eigenvalue weighted by Crippen LogP contribution is -2.06. The van der Waals surface area contributed by atoms with E-state index in [1.54, 1.807) is 18.5 Å². The Kier molecular flexibility index (Phi) is 6.01. The number of Topliss-reactive ketones (excluding diaryl/α,β-unsaturated/α-hetero) is 1. The lowest BCUT2D eigenvalue weighted by Gasteiger charge is -2.03. The number of ketones is 1. The number of aromatic nitrogens is 2. The quantitative estimate of drug-likeness (QED) is 0.710. The predicted molar refractivity (Wildman–Crippen MR) is 73.5 cm³/mol. The summed E-state index contributed by atoms with van der Waals surface area (Å²) in [5.74, 6) is -0.281. The van der Waals surface area contributed by atoms with Crippen LogP contribution in [0.2, 0.25) is 0 Å². The maximum Gasteiger partial charge on any atom is 0.343 e. The zero-order chi connectivity index (χ0) is 13.7. The molecule has 1 heterocycles. The largest absolute Gasteiger partial charge is 0.462 e. The van der Waals surface area contributed by atoms with Gasteiger partial charge in [0.2, 0.25) is 0 Å². The summed E-state index contributed by atoms with van der Waals surface area (Å²) in [6, 6.07) is 0. The molecule has 0 atom stereocenters. The van der Waals surface area contributed by atoms with Crippen molar-refractivity contribution in [3.05, 3.63) is 14.8 Å². The zero-order valence-corrected chi connectivity index (χ0v) is 13.4. The highest BCUT2D eigenvalue weighted by atomic mass is 79.9. The second-order valence-electron chi connectivity index (χ2n) is 3.71. The van der Waals surface area contributed by atoms with Crippen LogP contribution in [0.5, 0.6) is 0 Å². The average Bonchev–Trinajstić information content (AvgIpc) is 2.54. The number of carbonyl (C=O) groups is 2. The average molecular weight is 382 g/mol. The summed E-state index contributed by atoms with van der Waals surface area (Å²) < 4.78 is 7.58. The van der Waals surface area contributed by atoms with Crippen molar-refractivity contribution in [2.45, 2.75) is 33.2 Å². The molecular weight excluding hydrogens is 368 g/mol. The summed E-state index contributed by atoms with van der Waals surface area (Å²) in [5.41, 5.74) is 0.375. The lowest BCUT2D eigenvalue weighted by atomic mass is 10.2. The molecule has 0 aliphatic carbocycles. The Balaban J connectivity index is 2.80. The van der Waals surface area contributed by atoms with Crippen LogP contribution >= 0.6 is 31.9 Å². The molecule has 0 amide bonds. The molecule has 18 heavy (non-hydrogen) atoms. The van der Waals surface area contributed by atoms with Crippen molar-refractivity contribution in [3.8, 4) is 0 Å². The van der Waals surface area contributed by atoms with E-state index in [4.69, 9.17) is 4.74 Å². The minimum Gasteiger partial charge on any atom is -0.462 e. The van der Waals surface area contributed by atoms with Crippen LogP contribution in [0.15, 0.2) is 9.21 Å². The highest BCUT2D eigenvalue weighted by Crippen LogP contribution is 2.26. The van der Waals surface area contributed by atoms with Crippen molar-refractivity contribution < 1.29 is 14.3 Å². The summed E-state index contributed by atoms with van der Waals surface area (Å²) in [6.45, 7) is 4.18. The van der Waals surface area contributed by atoms with Gasteiger partial charge in [-0.05, 0) is 52.1 Å². The van der Waals surface area contributed by atoms with Crippen LogP contribution in [-0.2, 0) is 16.1 Å². The normalized spacial score (nSPS) is 10.4. The molecule has 5 nitrogen and oxygen atoms in total. The molecule has 0 saturated carbocycles. The highest BCUT2D eigenvalue weighted by Gasteiger charge is 2.21. The molecule has 0 bridgehead atoms. The van der Waals surface area contributed by atoms with Crippen molar-refractivity contribution in [2.75, 3.05) is 6.61 Å². The molecule has 0 N–H and O–H groups in total. The standard InChI is InChI=1S/C11H14Br2N2O3/c1-3-18-11(17)8-9(12)14-15(10(8)13)6-4-5-7(2)16/h3-6H2,1-2H3. The number of hydrogen-bond acceptors (Lipinski definition) is 4. The number of ether oxygens (including phenoxy) is 1. The third-order valence-electron chi connectivity index (χ3n) is 2.23. The number of halogens is 2. The van der Waals surface area contributed by atoms with E-state index in [1.165, 1.54) is 0 Å². The van der Waals surface area contributed by atoms with Crippen molar-refractivity contribution in [1.29, 1.82) is 0 Å². The summed E-state index contributed by atoms with van der Waals surface area (Å²) in [4.78, 5) is 22.6. The van der Waals surface area contributed by atoms with Crippen LogP contribution in [0, 0.1) is 0 Å². The van der Waals surface area contributed by atoms with Gasteiger partial charge in [-0.25, -0.2) is 4.79 Å². The number of esters is 1. The Hall–Kier alpha value is -0.690. The van der Waals surface area contributed by atoms with E-state index in [1.807, 2.05) is 0 Å². The first-order valence-corrected chi connectivity index (χ1v) is 7.14. The topological polar surface area (TPSA) is 61.2 Å². The van der Waals surface area contributed by atoms with Gasteiger partial charge in [0.05, 0.1) is 6.61 Å². The Bertz CT molecular complexity index is 457. The molecule has 0 spiro atoms.